The van der Waals surface area contributed by atoms with Crippen molar-refractivity contribution in [3.05, 3.63) is 95.6 Å². The third-order valence-electron chi connectivity index (χ3n) is 7.23. The fourth-order valence-corrected chi connectivity index (χ4v) is 5.81. The molecular weight excluding hydrogens is 562 g/mol. The lowest BCUT2D eigenvalue weighted by atomic mass is 10.0. The largest absolute Gasteiger partial charge is 0.497 e. The third kappa shape index (κ3) is 10.4. The Morgan fingerprint density at radius 1 is 0.907 bits per heavy atom. The molecule has 0 saturated heterocycles. The molecule has 0 spiro atoms. The number of nitrogens with one attached hydrogen (secondary N) is 1. The maximum Gasteiger partial charge on any atom is 0.243 e. The second kappa shape index (κ2) is 16.1. The van der Waals surface area contributed by atoms with E-state index in [9.17, 15) is 18.0 Å². The molecule has 0 aliphatic heterocycles. The van der Waals surface area contributed by atoms with E-state index in [0.717, 1.165) is 23.1 Å². The van der Waals surface area contributed by atoms with Crippen molar-refractivity contribution in [1.82, 2.24) is 10.2 Å². The molecule has 3 rings (SSSR count). The molecule has 3 aromatic rings. The minimum absolute atomic E-state index is 0.0752. The van der Waals surface area contributed by atoms with Gasteiger partial charge in [-0.2, -0.15) is 0 Å². The SMILES string of the molecule is CCc1ccc(N(CCCC(=O)N(Cc2cccc(OC)c2)[C@@H](Cc2ccccc2)C(=O)NCC(C)C)S(C)(=O)=O)cc1. The van der Waals surface area contributed by atoms with Gasteiger partial charge < -0.3 is 15.0 Å². The first-order valence-corrected chi connectivity index (χ1v) is 16.7. The summed E-state index contributed by atoms with van der Waals surface area (Å²) in [5.41, 5.74) is 3.45. The number of aryl methyl sites for hydroxylation is 1. The molecular formula is C34H45N3O5S. The molecule has 0 saturated carbocycles. The summed E-state index contributed by atoms with van der Waals surface area (Å²) < 4.78 is 32.1. The first-order valence-electron chi connectivity index (χ1n) is 14.8. The minimum atomic E-state index is -3.57. The molecule has 0 aromatic heterocycles. The minimum Gasteiger partial charge on any atom is -0.497 e. The van der Waals surface area contributed by atoms with Gasteiger partial charge in [0.05, 0.1) is 19.1 Å². The average Bonchev–Trinajstić information content (AvgIpc) is 2.99. The third-order valence-corrected chi connectivity index (χ3v) is 8.42. The maximum absolute atomic E-state index is 14.0. The topological polar surface area (TPSA) is 96.0 Å². The molecule has 3 aromatic carbocycles. The van der Waals surface area contributed by atoms with Crippen molar-refractivity contribution in [2.45, 2.75) is 59.0 Å². The van der Waals surface area contributed by atoms with E-state index in [1.807, 2.05) is 87.5 Å². The van der Waals surface area contributed by atoms with E-state index in [0.29, 0.717) is 30.8 Å². The van der Waals surface area contributed by atoms with Gasteiger partial charge in [0.2, 0.25) is 21.8 Å². The van der Waals surface area contributed by atoms with Gasteiger partial charge in [0, 0.05) is 32.5 Å². The van der Waals surface area contributed by atoms with Gasteiger partial charge in [-0.25, -0.2) is 8.42 Å². The first-order chi connectivity index (χ1) is 20.5. The number of hydrogen-bond acceptors (Lipinski definition) is 5. The molecule has 2 amide bonds. The molecule has 43 heavy (non-hydrogen) atoms. The van der Waals surface area contributed by atoms with Crippen LogP contribution in [0.5, 0.6) is 5.75 Å². The zero-order valence-electron chi connectivity index (χ0n) is 26.0. The second-order valence-electron chi connectivity index (χ2n) is 11.2. The zero-order chi connectivity index (χ0) is 31.4. The molecule has 1 N–H and O–H groups in total. The summed E-state index contributed by atoms with van der Waals surface area (Å²) in [7, 11) is -1.98. The molecule has 0 fully saturated rings. The number of hydrogen-bond donors (Lipinski definition) is 1. The van der Waals surface area contributed by atoms with Crippen molar-refractivity contribution >= 4 is 27.5 Å². The predicted octanol–water partition coefficient (Wildman–Crippen LogP) is 5.22. The van der Waals surface area contributed by atoms with Crippen LogP contribution in [0.1, 0.15) is 50.3 Å². The van der Waals surface area contributed by atoms with E-state index in [-0.39, 0.29) is 37.2 Å². The van der Waals surface area contributed by atoms with Crippen LogP contribution in [0.15, 0.2) is 78.9 Å². The van der Waals surface area contributed by atoms with Crippen molar-refractivity contribution in [3.63, 3.8) is 0 Å². The van der Waals surface area contributed by atoms with Crippen LogP contribution in [0.25, 0.3) is 0 Å². The maximum atomic E-state index is 14.0. The van der Waals surface area contributed by atoms with Crippen LogP contribution in [-0.4, -0.2) is 57.6 Å². The number of carbonyl (C=O) groups excluding carboxylic acids is 2. The highest BCUT2D eigenvalue weighted by atomic mass is 32.2. The Hall–Kier alpha value is -3.85. The number of ether oxygens (including phenoxy) is 1. The summed E-state index contributed by atoms with van der Waals surface area (Å²) in [6, 6.07) is 23.8. The van der Waals surface area contributed by atoms with E-state index < -0.39 is 16.1 Å². The van der Waals surface area contributed by atoms with Crippen LogP contribution in [0.2, 0.25) is 0 Å². The van der Waals surface area contributed by atoms with Crippen molar-refractivity contribution < 1.29 is 22.7 Å². The summed E-state index contributed by atoms with van der Waals surface area (Å²) >= 11 is 0. The molecule has 232 valence electrons. The number of methoxy groups -OCH3 is 1. The number of sulfonamides is 1. The lowest BCUT2D eigenvalue weighted by Gasteiger charge is -2.32. The lowest BCUT2D eigenvalue weighted by molar-refractivity contribution is -0.141. The Kier molecular flexibility index (Phi) is 12.6. The van der Waals surface area contributed by atoms with Crippen LogP contribution in [0.3, 0.4) is 0 Å². The predicted molar refractivity (Wildman–Crippen MR) is 173 cm³/mol. The zero-order valence-corrected chi connectivity index (χ0v) is 26.8. The van der Waals surface area contributed by atoms with Gasteiger partial charge in [0.25, 0.3) is 0 Å². The highest BCUT2D eigenvalue weighted by molar-refractivity contribution is 7.92. The molecule has 0 radical (unpaired) electrons. The van der Waals surface area contributed by atoms with E-state index in [1.165, 1.54) is 10.6 Å². The summed E-state index contributed by atoms with van der Waals surface area (Å²) in [6.45, 7) is 6.93. The quantitative estimate of drug-likeness (QED) is 0.241. The number of anilines is 1. The van der Waals surface area contributed by atoms with E-state index in [1.54, 1.807) is 24.1 Å². The Morgan fingerprint density at radius 3 is 2.19 bits per heavy atom. The van der Waals surface area contributed by atoms with Crippen molar-refractivity contribution in [2.24, 2.45) is 5.92 Å². The first kappa shape index (κ1) is 33.6. The van der Waals surface area contributed by atoms with Crippen molar-refractivity contribution in [1.29, 1.82) is 0 Å². The summed E-state index contributed by atoms with van der Waals surface area (Å²) in [4.78, 5) is 29.2. The van der Waals surface area contributed by atoms with Crippen LogP contribution in [-0.2, 0) is 39.0 Å². The van der Waals surface area contributed by atoms with Gasteiger partial charge in [-0.3, -0.25) is 13.9 Å². The van der Waals surface area contributed by atoms with E-state index >= 15 is 0 Å². The number of rotatable bonds is 16. The second-order valence-corrected chi connectivity index (χ2v) is 13.1. The Balaban J connectivity index is 1.89. The number of nitrogens with zero attached hydrogens (tertiary/aromatic N) is 2. The van der Waals surface area contributed by atoms with Gasteiger partial charge >= 0.3 is 0 Å². The van der Waals surface area contributed by atoms with Gasteiger partial charge in [0.1, 0.15) is 11.8 Å². The fraction of sp³-hybridized carbons (Fsp3) is 0.412. The Morgan fingerprint density at radius 2 is 1.58 bits per heavy atom. The highest BCUT2D eigenvalue weighted by Crippen LogP contribution is 2.22. The van der Waals surface area contributed by atoms with E-state index in [2.05, 4.69) is 5.32 Å². The standard InChI is InChI=1S/C34H45N3O5S/c1-6-27-17-19-30(20-18-27)37(43(5,40)41)21-11-16-33(38)36(25-29-14-10-15-31(22-29)42-4)32(34(39)35-24-26(2)3)23-28-12-8-7-9-13-28/h7-10,12-15,17-20,22,26,32H,6,11,16,21,23-25H2,1-5H3,(H,35,39)/t32-/m0/s1. The van der Waals surface area contributed by atoms with Gasteiger partial charge in [-0.05, 0) is 59.7 Å². The van der Waals surface area contributed by atoms with Crippen molar-refractivity contribution in [2.75, 3.05) is 30.8 Å². The summed E-state index contributed by atoms with van der Waals surface area (Å²) in [6.07, 6.45) is 2.74. The number of carbonyl (C=O) groups is 2. The summed E-state index contributed by atoms with van der Waals surface area (Å²) in [5.74, 6) is 0.463. The lowest BCUT2D eigenvalue weighted by Crippen LogP contribution is -2.51. The molecule has 0 heterocycles. The van der Waals surface area contributed by atoms with Gasteiger partial charge in [-0.15, -0.1) is 0 Å². The van der Waals surface area contributed by atoms with E-state index in [4.69, 9.17) is 4.74 Å². The normalized spacial score (nSPS) is 12.0. The van der Waals surface area contributed by atoms with Gasteiger partial charge in [-0.1, -0.05) is 75.4 Å². The smallest absolute Gasteiger partial charge is 0.243 e. The molecule has 0 unspecified atom stereocenters. The molecule has 0 aliphatic carbocycles. The van der Waals surface area contributed by atoms with Crippen molar-refractivity contribution in [3.8, 4) is 5.75 Å². The molecule has 9 heteroatoms. The van der Waals surface area contributed by atoms with Crippen LogP contribution in [0.4, 0.5) is 5.69 Å². The fourth-order valence-electron chi connectivity index (χ4n) is 4.85. The number of amides is 2. The number of benzene rings is 3. The summed E-state index contributed by atoms with van der Waals surface area (Å²) in [5, 5.41) is 3.03. The molecule has 1 atom stereocenters. The van der Waals surface area contributed by atoms with Crippen LogP contribution in [0, 0.1) is 5.92 Å². The molecule has 0 bridgehead atoms. The monoisotopic (exact) mass is 607 g/mol. The Labute approximate surface area is 257 Å². The van der Waals surface area contributed by atoms with Crippen LogP contribution < -0.4 is 14.4 Å². The highest BCUT2D eigenvalue weighted by Gasteiger charge is 2.30. The Bertz CT molecular complexity index is 1430. The molecule has 0 aliphatic rings. The van der Waals surface area contributed by atoms with Gasteiger partial charge in [0.15, 0.2) is 0 Å². The average molecular weight is 608 g/mol. The van der Waals surface area contributed by atoms with Crippen LogP contribution >= 0.6 is 0 Å². The molecule has 8 nitrogen and oxygen atoms in total.